The predicted molar refractivity (Wildman–Crippen MR) is 110 cm³/mol. The van der Waals surface area contributed by atoms with Crippen LogP contribution < -0.4 is 10.6 Å². The zero-order chi connectivity index (χ0) is 20.0. The number of anilines is 1. The van der Waals surface area contributed by atoms with Gasteiger partial charge in [-0.25, -0.2) is 9.50 Å². The van der Waals surface area contributed by atoms with E-state index in [9.17, 15) is 4.79 Å². The molecule has 5 rings (SSSR count). The molecule has 1 aliphatic rings. The second-order valence-electron chi connectivity index (χ2n) is 7.89. The Bertz CT molecular complexity index is 1230. The fourth-order valence-corrected chi connectivity index (χ4v) is 4.18. The molecule has 1 aliphatic carbocycles. The van der Waals surface area contributed by atoms with Crippen molar-refractivity contribution in [1.29, 1.82) is 0 Å². The standard InChI is InChI=1S/C21H21N7O/c1-13(29)26-21(2)10-15(11-21)25-20-24-12-19-16(5-8-28(19)27-20)14-3-4-17-18(9-14)23-7-6-22-17/h3-9,12,15H,10-11H2,1-2H3,(H,25,27)(H,26,29). The molecule has 0 radical (unpaired) electrons. The van der Waals surface area contributed by atoms with Crippen LogP contribution in [0, 0.1) is 0 Å². The molecule has 146 valence electrons. The minimum Gasteiger partial charge on any atom is -0.351 e. The van der Waals surface area contributed by atoms with Gasteiger partial charge in [0.1, 0.15) is 0 Å². The van der Waals surface area contributed by atoms with Gasteiger partial charge in [0.2, 0.25) is 11.9 Å². The molecule has 0 saturated heterocycles. The first-order valence-electron chi connectivity index (χ1n) is 9.60. The lowest BCUT2D eigenvalue weighted by molar-refractivity contribution is -0.121. The Balaban J connectivity index is 1.37. The molecule has 3 heterocycles. The van der Waals surface area contributed by atoms with Crippen LogP contribution in [0.25, 0.3) is 27.7 Å². The summed E-state index contributed by atoms with van der Waals surface area (Å²) in [4.78, 5) is 24.5. The summed E-state index contributed by atoms with van der Waals surface area (Å²) in [6.45, 7) is 3.61. The van der Waals surface area contributed by atoms with Crippen LogP contribution in [0.4, 0.5) is 5.95 Å². The Morgan fingerprint density at radius 3 is 2.72 bits per heavy atom. The Morgan fingerprint density at radius 1 is 1.14 bits per heavy atom. The van der Waals surface area contributed by atoms with Crippen molar-refractivity contribution < 1.29 is 4.79 Å². The van der Waals surface area contributed by atoms with Gasteiger partial charge in [0.15, 0.2) is 0 Å². The number of nitrogens with zero attached hydrogens (tertiary/aromatic N) is 5. The molecule has 3 aromatic heterocycles. The molecule has 1 amide bonds. The smallest absolute Gasteiger partial charge is 0.241 e. The number of fused-ring (bicyclic) bond motifs is 2. The molecule has 8 nitrogen and oxygen atoms in total. The highest BCUT2D eigenvalue weighted by atomic mass is 16.1. The largest absolute Gasteiger partial charge is 0.351 e. The summed E-state index contributed by atoms with van der Waals surface area (Å²) in [5.41, 5.74) is 4.61. The van der Waals surface area contributed by atoms with Crippen molar-refractivity contribution in [2.75, 3.05) is 5.32 Å². The van der Waals surface area contributed by atoms with E-state index in [1.807, 2.05) is 41.2 Å². The zero-order valence-corrected chi connectivity index (χ0v) is 16.3. The minimum atomic E-state index is -0.146. The lowest BCUT2D eigenvalue weighted by atomic mass is 9.74. The van der Waals surface area contributed by atoms with E-state index in [1.165, 1.54) is 0 Å². The molecule has 1 fully saturated rings. The van der Waals surface area contributed by atoms with Crippen LogP contribution in [0.1, 0.15) is 26.7 Å². The quantitative estimate of drug-likeness (QED) is 0.559. The summed E-state index contributed by atoms with van der Waals surface area (Å²) in [5, 5.41) is 11.0. The summed E-state index contributed by atoms with van der Waals surface area (Å²) in [6, 6.07) is 8.32. The molecule has 4 aromatic rings. The number of amides is 1. The highest BCUT2D eigenvalue weighted by molar-refractivity contribution is 5.87. The fourth-order valence-electron chi connectivity index (χ4n) is 4.18. The average molecular weight is 387 g/mol. The Morgan fingerprint density at radius 2 is 1.93 bits per heavy atom. The van der Waals surface area contributed by atoms with Gasteiger partial charge in [-0.1, -0.05) is 6.07 Å². The van der Waals surface area contributed by atoms with Crippen LogP contribution in [-0.4, -0.2) is 42.1 Å². The lowest BCUT2D eigenvalue weighted by Crippen LogP contribution is -2.59. The van der Waals surface area contributed by atoms with Gasteiger partial charge in [-0.15, -0.1) is 5.10 Å². The first-order chi connectivity index (χ1) is 14.0. The monoisotopic (exact) mass is 387 g/mol. The van der Waals surface area contributed by atoms with Gasteiger partial charge in [-0.3, -0.25) is 14.8 Å². The number of hydrogen-bond acceptors (Lipinski definition) is 6. The van der Waals surface area contributed by atoms with Crippen molar-refractivity contribution >= 4 is 28.4 Å². The van der Waals surface area contributed by atoms with E-state index in [0.717, 1.165) is 40.5 Å². The van der Waals surface area contributed by atoms with E-state index in [4.69, 9.17) is 0 Å². The maximum atomic E-state index is 11.3. The molecule has 1 saturated carbocycles. The second-order valence-corrected chi connectivity index (χ2v) is 7.89. The topological polar surface area (TPSA) is 97.1 Å². The number of hydrogen-bond donors (Lipinski definition) is 2. The molecule has 0 bridgehead atoms. The van der Waals surface area contributed by atoms with Crippen LogP contribution in [0.3, 0.4) is 0 Å². The van der Waals surface area contributed by atoms with Crippen LogP contribution in [0.5, 0.6) is 0 Å². The maximum absolute atomic E-state index is 11.3. The molecule has 2 N–H and O–H groups in total. The summed E-state index contributed by atoms with van der Waals surface area (Å²) in [5.74, 6) is 0.585. The van der Waals surface area contributed by atoms with E-state index in [-0.39, 0.29) is 17.5 Å². The van der Waals surface area contributed by atoms with Crippen molar-refractivity contribution in [2.24, 2.45) is 0 Å². The number of rotatable bonds is 4. The molecular weight excluding hydrogens is 366 g/mol. The Hall–Kier alpha value is -3.55. The Labute approximate surface area is 167 Å². The number of carbonyl (C=O) groups is 1. The summed E-state index contributed by atoms with van der Waals surface area (Å²) < 4.78 is 1.83. The zero-order valence-electron chi connectivity index (χ0n) is 16.3. The number of aromatic nitrogens is 5. The lowest BCUT2D eigenvalue weighted by Gasteiger charge is -2.45. The third-order valence-electron chi connectivity index (χ3n) is 5.40. The molecule has 1 aromatic carbocycles. The van der Waals surface area contributed by atoms with E-state index >= 15 is 0 Å². The third-order valence-corrected chi connectivity index (χ3v) is 5.40. The SMILES string of the molecule is CC(=O)NC1(C)CC(Nc2ncc3c(-c4ccc5nccnc5c4)ccn3n2)C1. The van der Waals surface area contributed by atoms with Gasteiger partial charge in [0, 0.05) is 42.7 Å². The van der Waals surface area contributed by atoms with Crippen molar-refractivity contribution in [3.8, 4) is 11.1 Å². The average Bonchev–Trinajstić information content (AvgIpc) is 3.09. The first-order valence-corrected chi connectivity index (χ1v) is 9.60. The highest BCUT2D eigenvalue weighted by Gasteiger charge is 2.41. The fraction of sp³-hybridized carbons (Fsp3) is 0.286. The molecule has 29 heavy (non-hydrogen) atoms. The van der Waals surface area contributed by atoms with Gasteiger partial charge < -0.3 is 10.6 Å². The molecule has 0 aliphatic heterocycles. The molecule has 0 spiro atoms. The third kappa shape index (κ3) is 3.26. The number of benzene rings is 1. The normalized spacial score (nSPS) is 21.1. The van der Waals surface area contributed by atoms with Crippen LogP contribution in [0.15, 0.2) is 49.1 Å². The summed E-state index contributed by atoms with van der Waals surface area (Å²) >= 11 is 0. The predicted octanol–water partition coefficient (Wildman–Crippen LogP) is 2.81. The summed E-state index contributed by atoms with van der Waals surface area (Å²) in [6.07, 6.45) is 8.85. The van der Waals surface area contributed by atoms with E-state index in [2.05, 4.69) is 37.6 Å². The summed E-state index contributed by atoms with van der Waals surface area (Å²) in [7, 11) is 0. The van der Waals surface area contributed by atoms with Gasteiger partial charge in [-0.2, -0.15) is 0 Å². The number of nitrogens with one attached hydrogen (secondary N) is 2. The highest BCUT2D eigenvalue weighted by Crippen LogP contribution is 2.34. The van der Waals surface area contributed by atoms with Gasteiger partial charge >= 0.3 is 0 Å². The van der Waals surface area contributed by atoms with E-state index in [1.54, 1.807) is 19.3 Å². The van der Waals surface area contributed by atoms with E-state index < -0.39 is 0 Å². The van der Waals surface area contributed by atoms with Crippen molar-refractivity contribution in [3.63, 3.8) is 0 Å². The molecular formula is C21H21N7O. The van der Waals surface area contributed by atoms with Crippen molar-refractivity contribution in [2.45, 2.75) is 38.3 Å². The second kappa shape index (κ2) is 6.51. The minimum absolute atomic E-state index is 0.00293. The molecule has 0 unspecified atom stereocenters. The molecule has 0 atom stereocenters. The van der Waals surface area contributed by atoms with Crippen molar-refractivity contribution in [3.05, 3.63) is 49.1 Å². The van der Waals surface area contributed by atoms with Gasteiger partial charge in [-0.05, 0) is 43.5 Å². The first kappa shape index (κ1) is 17.5. The maximum Gasteiger partial charge on any atom is 0.241 e. The Kier molecular flexibility index (Phi) is 3.94. The van der Waals surface area contributed by atoms with E-state index in [0.29, 0.717) is 5.95 Å². The van der Waals surface area contributed by atoms with Crippen LogP contribution >= 0.6 is 0 Å². The molecule has 8 heteroatoms. The van der Waals surface area contributed by atoms with Gasteiger partial charge in [0.05, 0.1) is 22.7 Å². The number of carbonyl (C=O) groups excluding carboxylic acids is 1. The van der Waals surface area contributed by atoms with Gasteiger partial charge in [0.25, 0.3) is 0 Å². The van der Waals surface area contributed by atoms with Crippen molar-refractivity contribution in [1.82, 2.24) is 29.9 Å². The van der Waals surface area contributed by atoms with Crippen LogP contribution in [0.2, 0.25) is 0 Å². The van der Waals surface area contributed by atoms with Crippen LogP contribution in [-0.2, 0) is 4.79 Å².